The molecule has 2 saturated heterocycles. The van der Waals surface area contributed by atoms with Gasteiger partial charge < -0.3 is 19.6 Å². The van der Waals surface area contributed by atoms with Gasteiger partial charge in [0.25, 0.3) is 0 Å². The maximum absolute atomic E-state index is 15.1. The summed E-state index contributed by atoms with van der Waals surface area (Å²) in [6.07, 6.45) is 7.86. The van der Waals surface area contributed by atoms with Crippen LogP contribution in [-0.2, 0) is 4.79 Å². The predicted molar refractivity (Wildman–Crippen MR) is 166 cm³/mol. The number of anilines is 2. The molecule has 10 heteroatoms. The SMILES string of the molecule is COc1ncc(-c2cc(F)cc(-c3ccc(N(C=O)/C=C\N(C)C)c(Cl)c3)c2O)cc1N1CC2CCC(C1)N2C(C)C. The molecule has 2 fully saturated rings. The number of amides is 1. The lowest BCUT2D eigenvalue weighted by Crippen LogP contribution is -2.56. The number of carbonyl (C=O) groups excluding carboxylic acids is 1. The third-order valence-electron chi connectivity index (χ3n) is 8.06. The largest absolute Gasteiger partial charge is 0.507 e. The minimum atomic E-state index is -0.512. The molecule has 2 unspecified atom stereocenters. The fraction of sp³-hybridized carbons (Fsp3) is 0.375. The monoisotopic (exact) mass is 593 g/mol. The van der Waals surface area contributed by atoms with Crippen molar-refractivity contribution < 1.29 is 19.0 Å². The number of hydrogen-bond acceptors (Lipinski definition) is 7. The third kappa shape index (κ3) is 5.76. The van der Waals surface area contributed by atoms with E-state index in [4.69, 9.17) is 16.3 Å². The Morgan fingerprint density at radius 2 is 1.74 bits per heavy atom. The van der Waals surface area contributed by atoms with Crippen molar-refractivity contribution in [3.63, 3.8) is 0 Å². The first-order valence-electron chi connectivity index (χ1n) is 14.1. The molecule has 0 radical (unpaired) electrons. The Balaban J connectivity index is 1.50. The van der Waals surface area contributed by atoms with Crippen LogP contribution in [0.2, 0.25) is 5.02 Å². The van der Waals surface area contributed by atoms with Crippen LogP contribution in [0.25, 0.3) is 22.3 Å². The Bertz CT molecular complexity index is 1480. The molecule has 2 aliphatic heterocycles. The summed E-state index contributed by atoms with van der Waals surface area (Å²) in [7, 11) is 5.27. The van der Waals surface area contributed by atoms with E-state index in [2.05, 4.69) is 28.6 Å². The summed E-state index contributed by atoms with van der Waals surface area (Å²) in [4.78, 5) is 24.3. The molecule has 2 aliphatic rings. The van der Waals surface area contributed by atoms with Gasteiger partial charge in [0.15, 0.2) is 0 Å². The molecule has 8 nitrogen and oxygen atoms in total. The van der Waals surface area contributed by atoms with Gasteiger partial charge in [-0.15, -0.1) is 0 Å². The molecule has 222 valence electrons. The fourth-order valence-corrected chi connectivity index (χ4v) is 6.53. The van der Waals surface area contributed by atoms with Crippen molar-refractivity contribution >= 4 is 29.4 Å². The summed E-state index contributed by atoms with van der Waals surface area (Å²) in [5, 5.41) is 11.7. The van der Waals surface area contributed by atoms with Gasteiger partial charge in [-0.1, -0.05) is 17.7 Å². The average molecular weight is 594 g/mol. The normalized spacial score (nSPS) is 18.6. The highest BCUT2D eigenvalue weighted by Crippen LogP contribution is 2.43. The summed E-state index contributed by atoms with van der Waals surface area (Å²) in [5.74, 6) is -0.109. The van der Waals surface area contributed by atoms with E-state index in [1.165, 1.54) is 17.0 Å². The molecular formula is C32H37ClFN5O3. The maximum Gasteiger partial charge on any atom is 0.237 e. The molecule has 1 N–H and O–H groups in total. The number of nitrogens with zero attached hydrogens (tertiary/aromatic N) is 5. The molecule has 3 aromatic rings. The fourth-order valence-electron chi connectivity index (χ4n) is 6.25. The number of methoxy groups -OCH3 is 1. The Morgan fingerprint density at radius 1 is 1.07 bits per heavy atom. The van der Waals surface area contributed by atoms with Crippen molar-refractivity contribution in [1.29, 1.82) is 0 Å². The van der Waals surface area contributed by atoms with Crippen molar-refractivity contribution in [2.75, 3.05) is 44.1 Å². The summed E-state index contributed by atoms with van der Waals surface area (Å²) < 4.78 is 20.7. The number of aromatic hydroxyl groups is 1. The number of rotatable bonds is 9. The number of carbonyl (C=O) groups is 1. The topological polar surface area (TPSA) is 72.4 Å². The van der Waals surface area contributed by atoms with Crippen LogP contribution in [0.1, 0.15) is 26.7 Å². The van der Waals surface area contributed by atoms with E-state index >= 15 is 4.39 Å². The van der Waals surface area contributed by atoms with Crippen LogP contribution in [0.5, 0.6) is 11.6 Å². The number of hydrogen-bond donors (Lipinski definition) is 1. The Labute approximate surface area is 251 Å². The summed E-state index contributed by atoms with van der Waals surface area (Å²) in [6.45, 7) is 6.19. The van der Waals surface area contributed by atoms with Gasteiger partial charge in [-0.05, 0) is 62.6 Å². The zero-order valence-corrected chi connectivity index (χ0v) is 25.3. The van der Waals surface area contributed by atoms with Gasteiger partial charge in [0.05, 0.1) is 17.8 Å². The third-order valence-corrected chi connectivity index (χ3v) is 8.37. The zero-order valence-electron chi connectivity index (χ0n) is 24.6. The van der Waals surface area contributed by atoms with Crippen molar-refractivity contribution in [2.45, 2.75) is 44.8 Å². The lowest BCUT2D eigenvalue weighted by Gasteiger charge is -2.44. The number of piperazine rings is 1. The van der Waals surface area contributed by atoms with Crippen LogP contribution in [-0.4, -0.2) is 78.7 Å². The van der Waals surface area contributed by atoms with Crippen LogP contribution in [0.4, 0.5) is 15.8 Å². The van der Waals surface area contributed by atoms with Crippen molar-refractivity contribution in [3.05, 3.63) is 65.8 Å². The lowest BCUT2D eigenvalue weighted by atomic mass is 9.97. The number of pyridine rings is 1. The van der Waals surface area contributed by atoms with Gasteiger partial charge >= 0.3 is 0 Å². The molecular weight excluding hydrogens is 557 g/mol. The van der Waals surface area contributed by atoms with E-state index < -0.39 is 5.82 Å². The number of aromatic nitrogens is 1. The number of halogens is 2. The minimum absolute atomic E-state index is 0.0948. The molecule has 2 atom stereocenters. The second-order valence-electron chi connectivity index (χ2n) is 11.4. The molecule has 1 amide bonds. The Kier molecular flexibility index (Phi) is 8.61. The van der Waals surface area contributed by atoms with E-state index in [1.807, 2.05) is 20.2 Å². The first-order valence-corrected chi connectivity index (χ1v) is 14.5. The zero-order chi connectivity index (χ0) is 30.1. The van der Waals surface area contributed by atoms with E-state index in [-0.39, 0.29) is 16.3 Å². The molecule has 42 heavy (non-hydrogen) atoms. The number of phenols is 1. The molecule has 0 spiro atoms. The van der Waals surface area contributed by atoms with Crippen LogP contribution < -0.4 is 14.5 Å². The first kappa shape index (κ1) is 29.7. The van der Waals surface area contributed by atoms with Gasteiger partial charge in [-0.25, -0.2) is 9.37 Å². The smallest absolute Gasteiger partial charge is 0.237 e. The van der Waals surface area contributed by atoms with Gasteiger partial charge in [0.1, 0.15) is 17.3 Å². The average Bonchev–Trinajstić information content (AvgIpc) is 3.24. The Morgan fingerprint density at radius 3 is 2.31 bits per heavy atom. The van der Waals surface area contributed by atoms with E-state index in [0.717, 1.165) is 31.6 Å². The van der Waals surface area contributed by atoms with E-state index in [9.17, 15) is 9.90 Å². The molecule has 1 aromatic heterocycles. The number of phenolic OH excluding ortho intramolecular Hbond substituents is 1. The van der Waals surface area contributed by atoms with Gasteiger partial charge in [0.2, 0.25) is 12.3 Å². The number of ether oxygens (including phenoxy) is 1. The highest BCUT2D eigenvalue weighted by molar-refractivity contribution is 6.34. The van der Waals surface area contributed by atoms with Crippen molar-refractivity contribution in [1.82, 2.24) is 14.8 Å². The summed E-state index contributed by atoms with van der Waals surface area (Å²) in [6, 6.07) is 10.9. The van der Waals surface area contributed by atoms with E-state index in [0.29, 0.717) is 52.8 Å². The first-order chi connectivity index (χ1) is 20.1. The quantitative estimate of drug-likeness (QED) is 0.306. The van der Waals surface area contributed by atoms with Gasteiger partial charge in [-0.2, -0.15) is 0 Å². The number of benzene rings is 2. The second-order valence-corrected chi connectivity index (χ2v) is 11.8. The van der Waals surface area contributed by atoms with Crippen molar-refractivity contribution in [3.8, 4) is 33.9 Å². The predicted octanol–water partition coefficient (Wildman–Crippen LogP) is 5.98. The maximum atomic E-state index is 15.1. The highest BCUT2D eigenvalue weighted by Gasteiger charge is 2.41. The summed E-state index contributed by atoms with van der Waals surface area (Å²) in [5.41, 5.74) is 2.96. The van der Waals surface area contributed by atoms with Gasteiger partial charge in [-0.3, -0.25) is 14.6 Å². The summed E-state index contributed by atoms with van der Waals surface area (Å²) >= 11 is 6.56. The van der Waals surface area contributed by atoms with Crippen LogP contribution >= 0.6 is 11.6 Å². The molecule has 0 aliphatic carbocycles. The van der Waals surface area contributed by atoms with Crippen LogP contribution in [0.15, 0.2) is 55.0 Å². The second kappa shape index (κ2) is 12.2. The molecule has 5 rings (SSSR count). The highest BCUT2D eigenvalue weighted by atomic mass is 35.5. The minimum Gasteiger partial charge on any atom is -0.507 e. The van der Waals surface area contributed by atoms with Gasteiger partial charge in [0, 0.05) is 80.6 Å². The molecule has 0 saturated carbocycles. The Hall–Kier alpha value is -3.82. The van der Waals surface area contributed by atoms with E-state index in [1.54, 1.807) is 48.8 Å². The van der Waals surface area contributed by atoms with Crippen LogP contribution in [0, 0.1) is 5.82 Å². The molecule has 3 heterocycles. The van der Waals surface area contributed by atoms with Crippen LogP contribution in [0.3, 0.4) is 0 Å². The molecule has 2 aromatic carbocycles. The lowest BCUT2D eigenvalue weighted by molar-refractivity contribution is -0.106. The standard InChI is InChI=1S/C32H37ClFN5O3/c1-20(2)39-24-7-8-25(39)18-38(17-24)30-13-22(16-35-32(30)42-5)27-15-23(34)14-26(31(27)41)21-6-9-29(28(33)12-21)37(19-40)11-10-36(3)4/h6,9-16,19-20,24-25,41H,7-8,17-18H2,1-5H3/b11-10-. The number of fused-ring (bicyclic) bond motifs is 2. The molecule has 2 bridgehead atoms. The van der Waals surface area contributed by atoms with Crippen molar-refractivity contribution in [2.24, 2.45) is 0 Å².